The van der Waals surface area contributed by atoms with Crippen LogP contribution < -0.4 is 5.32 Å². The summed E-state index contributed by atoms with van der Waals surface area (Å²) in [6.45, 7) is 4.17. The van der Waals surface area contributed by atoms with Crippen LogP contribution in [0.3, 0.4) is 0 Å². The lowest BCUT2D eigenvalue weighted by Gasteiger charge is -2.04. The zero-order valence-electron chi connectivity index (χ0n) is 9.50. The lowest BCUT2D eigenvalue weighted by atomic mass is 10.2. The fraction of sp³-hybridized carbons (Fsp3) is 0.250. The van der Waals surface area contributed by atoms with Crippen LogP contribution in [0.1, 0.15) is 13.8 Å². The van der Waals surface area contributed by atoms with Gasteiger partial charge in [-0.2, -0.15) is 0 Å². The summed E-state index contributed by atoms with van der Waals surface area (Å²) in [5, 5.41) is 7.30. The summed E-state index contributed by atoms with van der Waals surface area (Å²) >= 11 is 13.4. The number of hydrogen-bond donors (Lipinski definition) is 1. The third-order valence-electron chi connectivity index (χ3n) is 2.13. The predicted octanol–water partition coefficient (Wildman–Crippen LogP) is 4.94. The Bertz CT molecular complexity index is 523. The minimum absolute atomic E-state index is 0.378. The van der Waals surface area contributed by atoms with Crippen molar-refractivity contribution >= 4 is 39.7 Å². The van der Waals surface area contributed by atoms with Gasteiger partial charge in [0.15, 0.2) is 5.13 Å². The Balaban J connectivity index is 2.27. The van der Waals surface area contributed by atoms with Crippen molar-refractivity contribution in [3.05, 3.63) is 33.6 Å². The first-order valence-corrected chi connectivity index (χ1v) is 6.87. The molecule has 2 nitrogen and oxygen atoms in total. The Kier molecular flexibility index (Phi) is 3.92. The first-order chi connectivity index (χ1) is 8.06. The quantitative estimate of drug-likeness (QED) is 0.865. The van der Waals surface area contributed by atoms with Crippen molar-refractivity contribution in [2.24, 2.45) is 0 Å². The molecule has 0 amide bonds. The number of anilines is 1. The first kappa shape index (κ1) is 12.7. The van der Waals surface area contributed by atoms with E-state index >= 15 is 0 Å². The van der Waals surface area contributed by atoms with Crippen LogP contribution in [-0.4, -0.2) is 11.0 Å². The maximum absolute atomic E-state index is 5.98. The fourth-order valence-corrected chi connectivity index (χ4v) is 2.54. The zero-order chi connectivity index (χ0) is 12.4. The summed E-state index contributed by atoms with van der Waals surface area (Å²) in [4.78, 5) is 4.50. The lowest BCUT2D eigenvalue weighted by molar-refractivity contribution is 0.897. The van der Waals surface area contributed by atoms with E-state index in [0.717, 1.165) is 16.4 Å². The van der Waals surface area contributed by atoms with Crippen LogP contribution in [0.2, 0.25) is 10.0 Å². The van der Waals surface area contributed by atoms with Gasteiger partial charge in [-0.3, -0.25) is 0 Å². The maximum atomic E-state index is 5.98. The third kappa shape index (κ3) is 3.12. The van der Waals surface area contributed by atoms with Gasteiger partial charge in [0.05, 0.1) is 15.7 Å². The molecule has 0 saturated heterocycles. The van der Waals surface area contributed by atoms with Crippen molar-refractivity contribution < 1.29 is 0 Å². The van der Waals surface area contributed by atoms with E-state index in [2.05, 4.69) is 24.1 Å². The van der Waals surface area contributed by atoms with E-state index in [1.54, 1.807) is 17.4 Å². The minimum atomic E-state index is 0.378. The van der Waals surface area contributed by atoms with Gasteiger partial charge in [-0.15, -0.1) is 11.3 Å². The van der Waals surface area contributed by atoms with Gasteiger partial charge in [0.1, 0.15) is 0 Å². The molecule has 0 aliphatic carbocycles. The Morgan fingerprint density at radius 1 is 1.24 bits per heavy atom. The normalized spacial score (nSPS) is 10.9. The number of rotatable bonds is 3. The van der Waals surface area contributed by atoms with Gasteiger partial charge in [0.25, 0.3) is 0 Å². The lowest BCUT2D eigenvalue weighted by Crippen LogP contribution is -2.08. The first-order valence-electron chi connectivity index (χ1n) is 5.24. The summed E-state index contributed by atoms with van der Waals surface area (Å²) in [7, 11) is 0. The predicted molar refractivity (Wildman–Crippen MR) is 76.3 cm³/mol. The molecule has 0 spiro atoms. The Morgan fingerprint density at radius 3 is 2.65 bits per heavy atom. The zero-order valence-corrected chi connectivity index (χ0v) is 11.8. The molecule has 0 fully saturated rings. The van der Waals surface area contributed by atoms with E-state index in [4.69, 9.17) is 23.2 Å². The van der Waals surface area contributed by atoms with E-state index < -0.39 is 0 Å². The molecule has 1 heterocycles. The molecule has 1 aromatic carbocycles. The van der Waals surface area contributed by atoms with Crippen molar-refractivity contribution in [2.75, 3.05) is 5.32 Å². The van der Waals surface area contributed by atoms with Gasteiger partial charge in [0, 0.05) is 17.0 Å². The molecule has 17 heavy (non-hydrogen) atoms. The Labute approximate surface area is 115 Å². The molecule has 0 bridgehead atoms. The van der Waals surface area contributed by atoms with Gasteiger partial charge < -0.3 is 5.32 Å². The molecule has 2 rings (SSSR count). The number of thiazole rings is 1. The second-order valence-electron chi connectivity index (χ2n) is 3.97. The van der Waals surface area contributed by atoms with E-state index in [1.165, 1.54) is 0 Å². The summed E-state index contributed by atoms with van der Waals surface area (Å²) in [5.74, 6) is 0. The molecule has 2 aromatic rings. The van der Waals surface area contributed by atoms with Crippen LogP contribution in [0.15, 0.2) is 23.6 Å². The van der Waals surface area contributed by atoms with Crippen molar-refractivity contribution in [1.82, 2.24) is 4.98 Å². The Hall–Kier alpha value is -0.770. The topological polar surface area (TPSA) is 24.9 Å². The minimum Gasteiger partial charge on any atom is -0.359 e. The number of halogens is 2. The highest BCUT2D eigenvalue weighted by molar-refractivity contribution is 7.14. The van der Waals surface area contributed by atoms with Crippen molar-refractivity contribution in [3.8, 4) is 11.3 Å². The molecule has 90 valence electrons. The molecule has 0 aliphatic heterocycles. The maximum Gasteiger partial charge on any atom is 0.183 e. The number of aromatic nitrogens is 1. The van der Waals surface area contributed by atoms with Gasteiger partial charge in [-0.1, -0.05) is 29.3 Å². The molecular formula is C12H12Cl2N2S. The van der Waals surface area contributed by atoms with Crippen molar-refractivity contribution in [1.29, 1.82) is 0 Å². The van der Waals surface area contributed by atoms with E-state index in [-0.39, 0.29) is 0 Å². The second-order valence-corrected chi connectivity index (χ2v) is 5.64. The standard InChI is InChI=1S/C12H12Cl2N2S/c1-7(2)15-12-16-11(6-17-12)8-3-4-9(13)10(14)5-8/h3-7H,1-2H3,(H,15,16). The average molecular weight is 287 g/mol. The number of nitrogens with zero attached hydrogens (tertiary/aromatic N) is 1. The molecule has 1 aromatic heterocycles. The number of benzene rings is 1. The van der Waals surface area contributed by atoms with Gasteiger partial charge in [-0.25, -0.2) is 4.98 Å². The Morgan fingerprint density at radius 2 is 2.00 bits per heavy atom. The van der Waals surface area contributed by atoms with Crippen LogP contribution in [0, 0.1) is 0 Å². The molecule has 0 unspecified atom stereocenters. The summed E-state index contributed by atoms with van der Waals surface area (Å²) in [6.07, 6.45) is 0. The average Bonchev–Trinajstić information content (AvgIpc) is 2.69. The van der Waals surface area contributed by atoms with Crippen molar-refractivity contribution in [2.45, 2.75) is 19.9 Å². The van der Waals surface area contributed by atoms with Gasteiger partial charge >= 0.3 is 0 Å². The summed E-state index contributed by atoms with van der Waals surface area (Å²) in [6, 6.07) is 5.91. The van der Waals surface area contributed by atoms with E-state index in [1.807, 2.05) is 17.5 Å². The molecular weight excluding hydrogens is 275 g/mol. The number of nitrogens with one attached hydrogen (secondary N) is 1. The highest BCUT2D eigenvalue weighted by Gasteiger charge is 2.07. The smallest absolute Gasteiger partial charge is 0.183 e. The number of hydrogen-bond acceptors (Lipinski definition) is 3. The third-order valence-corrected chi connectivity index (χ3v) is 3.64. The molecule has 0 aliphatic rings. The molecule has 0 atom stereocenters. The van der Waals surface area contributed by atoms with Gasteiger partial charge in [0.2, 0.25) is 0 Å². The highest BCUT2D eigenvalue weighted by Crippen LogP contribution is 2.30. The van der Waals surface area contributed by atoms with Crippen LogP contribution >= 0.6 is 34.5 Å². The summed E-state index contributed by atoms with van der Waals surface area (Å²) in [5.41, 5.74) is 1.89. The molecule has 0 saturated carbocycles. The van der Waals surface area contributed by atoms with Crippen LogP contribution in [-0.2, 0) is 0 Å². The SMILES string of the molecule is CC(C)Nc1nc(-c2ccc(Cl)c(Cl)c2)cs1. The fourth-order valence-electron chi connectivity index (χ4n) is 1.38. The largest absolute Gasteiger partial charge is 0.359 e. The van der Waals surface area contributed by atoms with Gasteiger partial charge in [-0.05, 0) is 26.0 Å². The highest BCUT2D eigenvalue weighted by atomic mass is 35.5. The molecule has 5 heteroatoms. The second kappa shape index (κ2) is 5.25. The van der Waals surface area contributed by atoms with E-state index in [9.17, 15) is 0 Å². The molecule has 1 N–H and O–H groups in total. The molecule has 0 radical (unpaired) electrons. The van der Waals surface area contributed by atoms with Crippen LogP contribution in [0.25, 0.3) is 11.3 Å². The summed E-state index contributed by atoms with van der Waals surface area (Å²) < 4.78 is 0. The van der Waals surface area contributed by atoms with Crippen LogP contribution in [0.5, 0.6) is 0 Å². The van der Waals surface area contributed by atoms with Crippen LogP contribution in [0.4, 0.5) is 5.13 Å². The van der Waals surface area contributed by atoms with E-state index in [0.29, 0.717) is 16.1 Å². The monoisotopic (exact) mass is 286 g/mol. The van der Waals surface area contributed by atoms with Crippen molar-refractivity contribution in [3.63, 3.8) is 0 Å².